The average Bonchev–Trinajstić information content (AvgIpc) is 2.94. The number of benzene rings is 1. The number of nitrogens with one attached hydrogen (secondary N) is 1. The monoisotopic (exact) mass is 326 g/mol. The topological polar surface area (TPSA) is 90.0 Å². The lowest BCUT2D eigenvalue weighted by molar-refractivity contribution is 0.562. The van der Waals surface area contributed by atoms with Gasteiger partial charge in [0.25, 0.3) is 0 Å². The predicted molar refractivity (Wildman–Crippen MR) is 85.6 cm³/mol. The zero-order valence-corrected chi connectivity index (χ0v) is 13.1. The molecular formula is C13H18N4O2S2. The van der Waals surface area contributed by atoms with Crippen LogP contribution in [0.15, 0.2) is 47.6 Å². The molecule has 0 amide bonds. The molecule has 0 saturated heterocycles. The molecule has 0 atom stereocenters. The smallest absolute Gasteiger partial charge is 0.212 e. The van der Waals surface area contributed by atoms with Crippen molar-refractivity contribution in [2.75, 3.05) is 23.8 Å². The minimum absolute atomic E-state index is 0.0606. The summed E-state index contributed by atoms with van der Waals surface area (Å²) in [7, 11) is -3.27. The van der Waals surface area contributed by atoms with Crippen LogP contribution in [0.25, 0.3) is 0 Å². The third-order valence-corrected chi connectivity index (χ3v) is 5.49. The molecule has 0 unspecified atom stereocenters. The van der Waals surface area contributed by atoms with Crippen LogP contribution in [0.5, 0.6) is 0 Å². The van der Waals surface area contributed by atoms with Crippen molar-refractivity contribution in [1.82, 2.24) is 14.5 Å². The molecule has 6 nitrogen and oxygen atoms in total. The van der Waals surface area contributed by atoms with E-state index in [0.29, 0.717) is 24.5 Å². The molecule has 2 aromatic rings. The highest BCUT2D eigenvalue weighted by Crippen LogP contribution is 2.24. The second-order valence-electron chi connectivity index (χ2n) is 4.37. The van der Waals surface area contributed by atoms with E-state index in [0.717, 1.165) is 4.90 Å². The molecule has 0 fully saturated rings. The molecule has 0 aliphatic heterocycles. The Morgan fingerprint density at radius 3 is 2.81 bits per heavy atom. The summed E-state index contributed by atoms with van der Waals surface area (Å²) < 4.78 is 27.9. The van der Waals surface area contributed by atoms with Gasteiger partial charge in [-0.1, -0.05) is 12.1 Å². The molecule has 2 rings (SSSR count). The number of hydrogen-bond acceptors (Lipinski definition) is 5. The normalized spacial score (nSPS) is 11.6. The number of anilines is 1. The number of hydrogen-bond donors (Lipinski definition) is 2. The summed E-state index contributed by atoms with van der Waals surface area (Å²) in [5.74, 6) is 0.524. The summed E-state index contributed by atoms with van der Waals surface area (Å²) >= 11 is 1.44. The molecule has 0 saturated carbocycles. The van der Waals surface area contributed by atoms with E-state index in [9.17, 15) is 8.42 Å². The van der Waals surface area contributed by atoms with Gasteiger partial charge in [0.2, 0.25) is 10.0 Å². The quantitative estimate of drug-likeness (QED) is 0.561. The van der Waals surface area contributed by atoms with Crippen molar-refractivity contribution >= 4 is 27.5 Å². The van der Waals surface area contributed by atoms with Gasteiger partial charge in [-0.3, -0.25) is 4.68 Å². The molecule has 1 aromatic heterocycles. The number of nitrogens with zero attached hydrogens (tertiary/aromatic N) is 2. The van der Waals surface area contributed by atoms with E-state index in [1.54, 1.807) is 29.2 Å². The third kappa shape index (κ3) is 5.41. The Labute approximate surface area is 128 Å². The van der Waals surface area contributed by atoms with Crippen molar-refractivity contribution in [3.8, 4) is 0 Å². The Bertz CT molecular complexity index is 657. The molecule has 0 spiro atoms. The molecule has 3 N–H and O–H groups in total. The van der Waals surface area contributed by atoms with E-state index < -0.39 is 10.0 Å². The van der Waals surface area contributed by atoms with Gasteiger partial charge in [-0.05, 0) is 18.2 Å². The average molecular weight is 326 g/mol. The number of sulfonamides is 1. The van der Waals surface area contributed by atoms with Gasteiger partial charge in [-0.25, -0.2) is 13.1 Å². The molecule has 0 radical (unpaired) electrons. The van der Waals surface area contributed by atoms with Gasteiger partial charge >= 0.3 is 0 Å². The van der Waals surface area contributed by atoms with Gasteiger partial charge in [-0.15, -0.1) is 11.8 Å². The Morgan fingerprint density at radius 1 is 1.29 bits per heavy atom. The van der Waals surface area contributed by atoms with Crippen LogP contribution in [-0.2, 0) is 16.6 Å². The van der Waals surface area contributed by atoms with Gasteiger partial charge in [0, 0.05) is 35.3 Å². The molecule has 114 valence electrons. The van der Waals surface area contributed by atoms with E-state index in [2.05, 4.69) is 9.82 Å². The first-order valence-electron chi connectivity index (χ1n) is 6.49. The Morgan fingerprint density at radius 2 is 2.10 bits per heavy atom. The molecule has 21 heavy (non-hydrogen) atoms. The first-order valence-corrected chi connectivity index (χ1v) is 9.13. The van der Waals surface area contributed by atoms with E-state index in [4.69, 9.17) is 5.73 Å². The number of nitrogen functional groups attached to an aromatic ring is 1. The first-order chi connectivity index (χ1) is 10.1. The highest BCUT2D eigenvalue weighted by molar-refractivity contribution is 8.00. The van der Waals surface area contributed by atoms with Crippen LogP contribution in [-0.4, -0.2) is 36.2 Å². The van der Waals surface area contributed by atoms with Crippen molar-refractivity contribution in [3.63, 3.8) is 0 Å². The predicted octanol–water partition coefficient (Wildman–Crippen LogP) is 1.18. The lowest BCUT2D eigenvalue weighted by atomic mass is 10.3. The standard InChI is InChI=1S/C13H18N4O2S2/c14-12-4-1-2-5-13(12)20-10-11-21(18,19)16-7-9-17-8-3-6-15-17/h1-6,8,16H,7,9-11,14H2. The minimum Gasteiger partial charge on any atom is -0.398 e. The summed E-state index contributed by atoms with van der Waals surface area (Å²) in [6.45, 7) is 0.854. The van der Waals surface area contributed by atoms with Crippen LogP contribution >= 0.6 is 11.8 Å². The molecule has 0 aliphatic rings. The molecule has 0 bridgehead atoms. The highest BCUT2D eigenvalue weighted by Gasteiger charge is 2.10. The van der Waals surface area contributed by atoms with Crippen molar-refractivity contribution in [2.24, 2.45) is 0 Å². The van der Waals surface area contributed by atoms with E-state index in [1.807, 2.05) is 18.2 Å². The number of thioether (sulfide) groups is 1. The fraction of sp³-hybridized carbons (Fsp3) is 0.308. The van der Waals surface area contributed by atoms with Gasteiger partial charge in [0.1, 0.15) is 0 Å². The summed E-state index contributed by atoms with van der Waals surface area (Å²) in [6.07, 6.45) is 3.46. The van der Waals surface area contributed by atoms with E-state index >= 15 is 0 Å². The zero-order valence-electron chi connectivity index (χ0n) is 11.5. The van der Waals surface area contributed by atoms with Gasteiger partial charge in [-0.2, -0.15) is 5.10 Å². The zero-order chi connectivity index (χ0) is 15.1. The molecule has 1 aromatic carbocycles. The third-order valence-electron chi connectivity index (χ3n) is 2.75. The molecule has 1 heterocycles. The van der Waals surface area contributed by atoms with Crippen LogP contribution in [0.4, 0.5) is 5.69 Å². The second-order valence-corrected chi connectivity index (χ2v) is 7.43. The fourth-order valence-corrected chi connectivity index (χ4v) is 4.08. The summed E-state index contributed by atoms with van der Waals surface area (Å²) in [6, 6.07) is 9.23. The fourth-order valence-electron chi connectivity index (χ4n) is 1.69. The van der Waals surface area contributed by atoms with Crippen molar-refractivity contribution in [3.05, 3.63) is 42.7 Å². The number of aromatic nitrogens is 2. The van der Waals surface area contributed by atoms with E-state index in [-0.39, 0.29) is 5.75 Å². The highest BCUT2D eigenvalue weighted by atomic mass is 32.2. The van der Waals surface area contributed by atoms with Gasteiger partial charge in [0.15, 0.2) is 0 Å². The largest absolute Gasteiger partial charge is 0.398 e. The van der Waals surface area contributed by atoms with Crippen molar-refractivity contribution in [2.45, 2.75) is 11.4 Å². The van der Waals surface area contributed by atoms with E-state index in [1.165, 1.54) is 11.8 Å². The van der Waals surface area contributed by atoms with Crippen LogP contribution in [0.2, 0.25) is 0 Å². The maximum absolute atomic E-state index is 11.8. The van der Waals surface area contributed by atoms with Crippen molar-refractivity contribution in [1.29, 1.82) is 0 Å². The van der Waals surface area contributed by atoms with Crippen LogP contribution in [0.3, 0.4) is 0 Å². The van der Waals surface area contributed by atoms with Crippen LogP contribution in [0, 0.1) is 0 Å². The molecular weight excluding hydrogens is 308 g/mol. The summed E-state index contributed by atoms with van der Waals surface area (Å²) in [5, 5.41) is 4.01. The number of rotatable bonds is 8. The van der Waals surface area contributed by atoms with Crippen LogP contribution < -0.4 is 10.5 Å². The summed E-state index contributed by atoms with van der Waals surface area (Å²) in [5.41, 5.74) is 6.48. The van der Waals surface area contributed by atoms with Gasteiger partial charge < -0.3 is 5.73 Å². The minimum atomic E-state index is -3.27. The maximum atomic E-state index is 11.8. The van der Waals surface area contributed by atoms with Gasteiger partial charge in [0.05, 0.1) is 12.3 Å². The molecule has 8 heteroatoms. The lowest BCUT2D eigenvalue weighted by Gasteiger charge is -2.08. The summed E-state index contributed by atoms with van der Waals surface area (Å²) in [4.78, 5) is 0.907. The number of nitrogens with two attached hydrogens (primary N) is 1. The number of para-hydroxylation sites is 1. The van der Waals surface area contributed by atoms with Crippen molar-refractivity contribution < 1.29 is 8.42 Å². The first kappa shape index (κ1) is 15.9. The Balaban J connectivity index is 1.72. The Kier molecular flexibility index (Phi) is 5.66. The maximum Gasteiger partial charge on any atom is 0.212 e. The Hall–Kier alpha value is -1.51. The lowest BCUT2D eigenvalue weighted by Crippen LogP contribution is -2.30. The molecule has 0 aliphatic carbocycles. The SMILES string of the molecule is Nc1ccccc1SCCS(=O)(=O)NCCn1cccn1. The second kappa shape index (κ2) is 7.48. The van der Waals surface area contributed by atoms with Crippen LogP contribution in [0.1, 0.15) is 0 Å².